The molecule has 0 saturated carbocycles. The summed E-state index contributed by atoms with van der Waals surface area (Å²) in [5, 5.41) is 7.25. The van der Waals surface area contributed by atoms with E-state index in [9.17, 15) is 4.79 Å². The van der Waals surface area contributed by atoms with Gasteiger partial charge in [-0.15, -0.1) is 0 Å². The number of amides is 1. The number of carbonyl (C=O) groups excluding carboxylic acids is 1. The van der Waals surface area contributed by atoms with Crippen molar-refractivity contribution in [3.63, 3.8) is 0 Å². The lowest BCUT2D eigenvalue weighted by Crippen LogP contribution is -2.32. The Labute approximate surface area is 159 Å². The van der Waals surface area contributed by atoms with Crippen molar-refractivity contribution in [2.75, 3.05) is 13.2 Å². The first-order valence-electron chi connectivity index (χ1n) is 9.35. The van der Waals surface area contributed by atoms with Gasteiger partial charge in [-0.3, -0.25) is 9.48 Å². The Kier molecular flexibility index (Phi) is 5.30. The van der Waals surface area contributed by atoms with Crippen LogP contribution in [0.4, 0.5) is 0 Å². The first kappa shape index (κ1) is 17.5. The molecule has 5 nitrogen and oxygen atoms in total. The van der Waals surface area contributed by atoms with Crippen LogP contribution >= 0.6 is 0 Å². The number of aromatic nitrogens is 2. The van der Waals surface area contributed by atoms with E-state index in [0.717, 1.165) is 37.1 Å². The third-order valence-corrected chi connectivity index (χ3v) is 4.85. The Hall–Kier alpha value is -2.92. The molecule has 1 amide bonds. The highest BCUT2D eigenvalue weighted by Gasteiger charge is 2.18. The van der Waals surface area contributed by atoms with Crippen LogP contribution in [0.25, 0.3) is 11.1 Å². The van der Waals surface area contributed by atoms with Gasteiger partial charge in [-0.25, -0.2) is 0 Å². The fourth-order valence-electron chi connectivity index (χ4n) is 3.41. The van der Waals surface area contributed by atoms with Gasteiger partial charge in [0.1, 0.15) is 0 Å². The summed E-state index contributed by atoms with van der Waals surface area (Å²) in [4.78, 5) is 12.7. The molecule has 5 heteroatoms. The van der Waals surface area contributed by atoms with Gasteiger partial charge in [0, 0.05) is 31.1 Å². The maximum Gasteiger partial charge on any atom is 0.252 e. The zero-order valence-electron chi connectivity index (χ0n) is 15.2. The normalized spacial score (nSPS) is 16.4. The molecule has 0 bridgehead atoms. The number of rotatable bonds is 6. The summed E-state index contributed by atoms with van der Waals surface area (Å²) in [5.41, 5.74) is 3.83. The standard InChI is InChI=1S/C22H23N3O2/c26-22(23-15-19-5-3-14-27-19)21-7-2-1-6-20(21)18-10-8-17(9-11-18)16-25-13-4-12-24-25/h1-2,4,6-13,19H,3,5,14-16H2,(H,23,26)/t19-/m0/s1. The second-order valence-electron chi connectivity index (χ2n) is 6.79. The molecule has 1 saturated heterocycles. The van der Waals surface area contributed by atoms with E-state index in [1.807, 2.05) is 41.2 Å². The molecule has 0 spiro atoms. The van der Waals surface area contributed by atoms with Crippen LogP contribution in [0.15, 0.2) is 67.0 Å². The molecule has 3 aromatic rings. The third-order valence-electron chi connectivity index (χ3n) is 4.85. The molecule has 4 rings (SSSR count). The van der Waals surface area contributed by atoms with Crippen LogP contribution in [0.5, 0.6) is 0 Å². The zero-order chi connectivity index (χ0) is 18.5. The van der Waals surface area contributed by atoms with Gasteiger partial charge in [-0.1, -0.05) is 42.5 Å². The van der Waals surface area contributed by atoms with E-state index in [0.29, 0.717) is 12.1 Å². The molecule has 1 fully saturated rings. The van der Waals surface area contributed by atoms with Gasteiger partial charge in [0.2, 0.25) is 0 Å². The molecule has 1 aromatic heterocycles. The van der Waals surface area contributed by atoms with Crippen LogP contribution in [0.3, 0.4) is 0 Å². The third kappa shape index (κ3) is 4.26. The molecular formula is C22H23N3O2. The Morgan fingerprint density at radius 2 is 2.00 bits per heavy atom. The largest absolute Gasteiger partial charge is 0.376 e. The van der Waals surface area contributed by atoms with Crippen molar-refractivity contribution >= 4 is 5.91 Å². The number of carbonyl (C=O) groups is 1. The Morgan fingerprint density at radius 3 is 2.74 bits per heavy atom. The zero-order valence-corrected chi connectivity index (χ0v) is 15.2. The molecule has 2 aromatic carbocycles. The lowest BCUT2D eigenvalue weighted by molar-refractivity contribution is 0.0858. The fourth-order valence-corrected chi connectivity index (χ4v) is 3.41. The van der Waals surface area contributed by atoms with Crippen LogP contribution in [0.2, 0.25) is 0 Å². The average Bonchev–Trinajstić information content (AvgIpc) is 3.41. The molecule has 1 aliphatic heterocycles. The lowest BCUT2D eigenvalue weighted by atomic mass is 9.98. The Bertz CT molecular complexity index is 882. The summed E-state index contributed by atoms with van der Waals surface area (Å²) in [6, 6.07) is 17.9. The van der Waals surface area contributed by atoms with Gasteiger partial charge in [-0.2, -0.15) is 5.10 Å². The number of benzene rings is 2. The van der Waals surface area contributed by atoms with E-state index in [1.165, 1.54) is 5.56 Å². The van der Waals surface area contributed by atoms with Crippen LogP contribution in [-0.4, -0.2) is 34.9 Å². The molecule has 1 N–H and O–H groups in total. The summed E-state index contributed by atoms with van der Waals surface area (Å²) >= 11 is 0. The van der Waals surface area contributed by atoms with E-state index in [2.05, 4.69) is 34.7 Å². The summed E-state index contributed by atoms with van der Waals surface area (Å²) < 4.78 is 7.48. The van der Waals surface area contributed by atoms with Crippen molar-refractivity contribution in [3.05, 3.63) is 78.1 Å². The maximum absolute atomic E-state index is 12.7. The molecule has 1 atom stereocenters. The van der Waals surface area contributed by atoms with Crippen LogP contribution in [0, 0.1) is 0 Å². The molecule has 138 valence electrons. The smallest absolute Gasteiger partial charge is 0.252 e. The van der Waals surface area contributed by atoms with Crippen molar-refractivity contribution in [2.24, 2.45) is 0 Å². The second kappa shape index (κ2) is 8.18. The minimum absolute atomic E-state index is 0.0540. The number of nitrogens with zero attached hydrogens (tertiary/aromatic N) is 2. The van der Waals surface area contributed by atoms with Crippen LogP contribution in [0.1, 0.15) is 28.8 Å². The molecule has 0 unspecified atom stereocenters. The molecule has 27 heavy (non-hydrogen) atoms. The molecule has 1 aliphatic rings. The maximum atomic E-state index is 12.7. The van der Waals surface area contributed by atoms with Gasteiger partial charge in [0.25, 0.3) is 5.91 Å². The van der Waals surface area contributed by atoms with Crippen LogP contribution in [-0.2, 0) is 11.3 Å². The van der Waals surface area contributed by atoms with Gasteiger partial charge < -0.3 is 10.1 Å². The highest BCUT2D eigenvalue weighted by Crippen LogP contribution is 2.24. The highest BCUT2D eigenvalue weighted by atomic mass is 16.5. The molecule has 0 aliphatic carbocycles. The summed E-state index contributed by atoms with van der Waals surface area (Å²) in [6.07, 6.45) is 5.95. The predicted molar refractivity (Wildman–Crippen MR) is 105 cm³/mol. The van der Waals surface area contributed by atoms with E-state index in [-0.39, 0.29) is 12.0 Å². The van der Waals surface area contributed by atoms with E-state index in [1.54, 1.807) is 6.20 Å². The lowest BCUT2D eigenvalue weighted by Gasteiger charge is -2.13. The van der Waals surface area contributed by atoms with Crippen molar-refractivity contribution in [2.45, 2.75) is 25.5 Å². The first-order valence-corrected chi connectivity index (χ1v) is 9.35. The van der Waals surface area contributed by atoms with E-state index in [4.69, 9.17) is 4.74 Å². The number of hydrogen-bond donors (Lipinski definition) is 1. The topological polar surface area (TPSA) is 56.1 Å². The summed E-state index contributed by atoms with van der Waals surface area (Å²) in [5.74, 6) is -0.0540. The second-order valence-corrected chi connectivity index (χ2v) is 6.79. The molecular weight excluding hydrogens is 338 g/mol. The Morgan fingerprint density at radius 1 is 1.15 bits per heavy atom. The number of ether oxygens (including phenoxy) is 1. The average molecular weight is 361 g/mol. The van der Waals surface area contributed by atoms with Crippen molar-refractivity contribution in [3.8, 4) is 11.1 Å². The van der Waals surface area contributed by atoms with Crippen molar-refractivity contribution in [1.82, 2.24) is 15.1 Å². The van der Waals surface area contributed by atoms with Gasteiger partial charge in [0.15, 0.2) is 0 Å². The number of hydrogen-bond acceptors (Lipinski definition) is 3. The van der Waals surface area contributed by atoms with E-state index < -0.39 is 0 Å². The first-order chi connectivity index (χ1) is 13.3. The fraction of sp³-hybridized carbons (Fsp3) is 0.273. The summed E-state index contributed by atoms with van der Waals surface area (Å²) in [7, 11) is 0. The molecule has 2 heterocycles. The number of nitrogens with one attached hydrogen (secondary N) is 1. The quantitative estimate of drug-likeness (QED) is 0.731. The SMILES string of the molecule is O=C(NC[C@@H]1CCCO1)c1ccccc1-c1ccc(Cn2cccn2)cc1. The molecule has 0 radical (unpaired) electrons. The van der Waals surface area contributed by atoms with Gasteiger partial charge >= 0.3 is 0 Å². The van der Waals surface area contributed by atoms with Gasteiger partial charge in [0.05, 0.1) is 12.6 Å². The highest BCUT2D eigenvalue weighted by molar-refractivity contribution is 6.00. The predicted octanol–water partition coefficient (Wildman–Crippen LogP) is 3.51. The summed E-state index contributed by atoms with van der Waals surface area (Å²) in [6.45, 7) is 2.09. The minimum atomic E-state index is -0.0540. The Balaban J connectivity index is 1.49. The van der Waals surface area contributed by atoms with Crippen molar-refractivity contribution < 1.29 is 9.53 Å². The van der Waals surface area contributed by atoms with Gasteiger partial charge in [-0.05, 0) is 41.7 Å². The van der Waals surface area contributed by atoms with E-state index >= 15 is 0 Å². The van der Waals surface area contributed by atoms with Crippen LogP contribution < -0.4 is 5.32 Å². The van der Waals surface area contributed by atoms with Crippen molar-refractivity contribution in [1.29, 1.82) is 0 Å². The monoisotopic (exact) mass is 361 g/mol. The minimum Gasteiger partial charge on any atom is -0.376 e.